The molecular weight excluding hydrogens is 584 g/mol. The number of hydrogen-bond acceptors (Lipinski definition) is 7. The van der Waals surface area contributed by atoms with E-state index in [2.05, 4.69) is 15.9 Å². The van der Waals surface area contributed by atoms with E-state index in [0.717, 1.165) is 10.0 Å². The number of esters is 2. The third-order valence-corrected chi connectivity index (χ3v) is 9.51. The molecule has 2 rings (SSSR count). The molecule has 7 nitrogen and oxygen atoms in total. The van der Waals surface area contributed by atoms with E-state index in [9.17, 15) is 22.8 Å². The van der Waals surface area contributed by atoms with Crippen molar-refractivity contribution in [2.75, 3.05) is 6.61 Å². The second-order valence-electron chi connectivity index (χ2n) is 10.8. The molecule has 2 unspecified atom stereocenters. The Morgan fingerprint density at radius 2 is 1.64 bits per heavy atom. The SMILES string of the molecule is CC(=O)OC/C=C(\C)CC(/C=C(\C)CC(C1=C(C)C(=O)CCC1(C)C)S(=O)(=O)c1ccc(Br)cc1)OC(C)=O. The van der Waals surface area contributed by atoms with E-state index in [-0.39, 0.29) is 23.7 Å². The Bertz CT molecular complexity index is 1280. The number of ketones is 1. The fraction of sp³-hybridized carbons (Fsp3) is 0.500. The van der Waals surface area contributed by atoms with Gasteiger partial charge < -0.3 is 9.47 Å². The number of halogens is 1. The number of carbonyl (C=O) groups excluding carboxylic acids is 3. The number of allylic oxidation sites excluding steroid dienone is 2. The number of rotatable bonds is 11. The van der Waals surface area contributed by atoms with E-state index in [1.54, 1.807) is 43.3 Å². The minimum Gasteiger partial charge on any atom is -0.462 e. The lowest BCUT2D eigenvalue weighted by molar-refractivity contribution is -0.144. The van der Waals surface area contributed by atoms with Crippen LogP contribution >= 0.6 is 15.9 Å². The van der Waals surface area contributed by atoms with E-state index in [1.807, 2.05) is 27.7 Å². The summed E-state index contributed by atoms with van der Waals surface area (Å²) in [4.78, 5) is 35.8. The highest BCUT2D eigenvalue weighted by Gasteiger charge is 2.42. The van der Waals surface area contributed by atoms with Crippen molar-refractivity contribution in [3.63, 3.8) is 0 Å². The molecule has 0 saturated heterocycles. The Balaban J connectivity index is 2.54. The van der Waals surface area contributed by atoms with E-state index in [0.29, 0.717) is 36.0 Å². The van der Waals surface area contributed by atoms with Crippen LogP contribution in [0.15, 0.2) is 68.1 Å². The molecule has 2 atom stereocenters. The maximum absolute atomic E-state index is 14.1. The smallest absolute Gasteiger partial charge is 0.303 e. The summed E-state index contributed by atoms with van der Waals surface area (Å²) < 4.78 is 39.5. The molecule has 0 aliphatic heterocycles. The van der Waals surface area contributed by atoms with Crippen LogP contribution < -0.4 is 0 Å². The van der Waals surface area contributed by atoms with Gasteiger partial charge in [-0.05, 0) is 86.6 Å². The fourth-order valence-corrected chi connectivity index (χ4v) is 7.36. The molecule has 0 heterocycles. The van der Waals surface area contributed by atoms with Gasteiger partial charge in [-0.1, -0.05) is 40.9 Å². The Kier molecular flexibility index (Phi) is 11.5. The molecule has 1 aromatic rings. The zero-order valence-corrected chi connectivity index (χ0v) is 26.2. The maximum atomic E-state index is 14.1. The van der Waals surface area contributed by atoms with Gasteiger partial charge in [0.15, 0.2) is 15.6 Å². The van der Waals surface area contributed by atoms with Crippen molar-refractivity contribution in [3.05, 3.63) is 63.2 Å². The van der Waals surface area contributed by atoms with Gasteiger partial charge in [0.1, 0.15) is 12.7 Å². The molecule has 1 aliphatic rings. The highest BCUT2D eigenvalue weighted by Crippen LogP contribution is 2.45. The predicted molar refractivity (Wildman–Crippen MR) is 155 cm³/mol. The van der Waals surface area contributed by atoms with E-state index in [4.69, 9.17) is 9.47 Å². The minimum absolute atomic E-state index is 0.0340. The summed E-state index contributed by atoms with van der Waals surface area (Å²) in [6, 6.07) is 6.51. The van der Waals surface area contributed by atoms with Crippen molar-refractivity contribution >= 4 is 43.5 Å². The summed E-state index contributed by atoms with van der Waals surface area (Å²) in [5.74, 6) is -0.889. The van der Waals surface area contributed by atoms with Crippen LogP contribution in [0.25, 0.3) is 0 Å². The summed E-state index contributed by atoms with van der Waals surface area (Å²) >= 11 is 3.36. The predicted octanol–water partition coefficient (Wildman–Crippen LogP) is 6.46. The van der Waals surface area contributed by atoms with Gasteiger partial charge in [-0.2, -0.15) is 0 Å². The molecule has 0 fully saturated rings. The molecule has 0 amide bonds. The van der Waals surface area contributed by atoms with Gasteiger partial charge in [-0.25, -0.2) is 8.42 Å². The second-order valence-corrected chi connectivity index (χ2v) is 13.8. The summed E-state index contributed by atoms with van der Waals surface area (Å²) in [7, 11) is -3.88. The topological polar surface area (TPSA) is 104 Å². The average Bonchev–Trinajstić information content (AvgIpc) is 2.80. The standard InChI is InChI=1S/C30H39BrO7S/c1-19(13-15-37-22(4)32)16-25(38-23(5)33)17-20(2)18-28(29-21(3)27(34)12-14-30(29,6)7)39(35,36)26-10-8-24(31)9-11-26/h8-11,13,17,25,28H,12,14-16,18H2,1-7H3/b19-13+,20-17+. The summed E-state index contributed by atoms with van der Waals surface area (Å²) in [5.41, 5.74) is 2.22. The molecule has 0 bridgehead atoms. The first kappa shape index (κ1) is 32.7. The molecule has 214 valence electrons. The van der Waals surface area contributed by atoms with Crippen LogP contribution in [0.2, 0.25) is 0 Å². The van der Waals surface area contributed by atoms with Crippen LogP contribution in [-0.2, 0) is 33.7 Å². The van der Waals surface area contributed by atoms with Gasteiger partial charge >= 0.3 is 11.9 Å². The molecule has 0 radical (unpaired) electrons. The van der Waals surface area contributed by atoms with Crippen molar-refractivity contribution in [1.29, 1.82) is 0 Å². The molecule has 39 heavy (non-hydrogen) atoms. The van der Waals surface area contributed by atoms with Crippen molar-refractivity contribution in [2.24, 2.45) is 5.41 Å². The fourth-order valence-electron chi connectivity index (χ4n) is 4.97. The Labute approximate surface area is 240 Å². The molecule has 1 aliphatic carbocycles. The third-order valence-electron chi connectivity index (χ3n) is 6.90. The van der Waals surface area contributed by atoms with Crippen LogP contribution in [0.4, 0.5) is 0 Å². The van der Waals surface area contributed by atoms with E-state index in [1.165, 1.54) is 13.8 Å². The van der Waals surface area contributed by atoms with Gasteiger partial charge in [0.05, 0.1) is 10.1 Å². The first-order valence-corrected chi connectivity index (χ1v) is 15.3. The molecule has 0 N–H and O–H groups in total. The van der Waals surface area contributed by atoms with Gasteiger partial charge in [0.2, 0.25) is 0 Å². The maximum Gasteiger partial charge on any atom is 0.303 e. The normalized spacial score (nSPS) is 18.0. The number of ether oxygens (including phenoxy) is 2. The van der Waals surface area contributed by atoms with Crippen LogP contribution in [0.5, 0.6) is 0 Å². The van der Waals surface area contributed by atoms with Crippen LogP contribution in [0, 0.1) is 5.41 Å². The first-order chi connectivity index (χ1) is 18.0. The third kappa shape index (κ3) is 9.28. The summed E-state index contributed by atoms with van der Waals surface area (Å²) in [6.45, 7) is 12.1. The van der Waals surface area contributed by atoms with Gasteiger partial charge in [-0.15, -0.1) is 0 Å². The van der Waals surface area contributed by atoms with Gasteiger partial charge in [-0.3, -0.25) is 14.4 Å². The number of hydrogen-bond donors (Lipinski definition) is 0. The average molecular weight is 624 g/mol. The quantitative estimate of drug-likeness (QED) is 0.206. The zero-order chi connectivity index (χ0) is 29.5. The Morgan fingerprint density at radius 3 is 2.21 bits per heavy atom. The van der Waals surface area contributed by atoms with Gasteiger partial charge in [0, 0.05) is 31.2 Å². The number of Topliss-reactive ketones (excluding diaryl/α,β-unsaturated/α-hetero) is 1. The molecule has 9 heteroatoms. The molecule has 0 aromatic heterocycles. The molecule has 0 saturated carbocycles. The van der Waals surface area contributed by atoms with Crippen LogP contribution in [0.1, 0.15) is 74.1 Å². The van der Waals surface area contributed by atoms with E-state index >= 15 is 0 Å². The lowest BCUT2D eigenvalue weighted by atomic mass is 9.70. The van der Waals surface area contributed by atoms with E-state index < -0.39 is 38.5 Å². The van der Waals surface area contributed by atoms with Crippen LogP contribution in [-0.4, -0.2) is 44.1 Å². The lowest BCUT2D eigenvalue weighted by Crippen LogP contribution is -2.37. The summed E-state index contributed by atoms with van der Waals surface area (Å²) in [5, 5.41) is -0.965. The zero-order valence-electron chi connectivity index (χ0n) is 23.8. The largest absolute Gasteiger partial charge is 0.462 e. The number of sulfone groups is 1. The number of benzene rings is 1. The molecular formula is C30H39BrO7S. The highest BCUT2D eigenvalue weighted by molar-refractivity contribution is 9.10. The monoisotopic (exact) mass is 622 g/mol. The highest BCUT2D eigenvalue weighted by atomic mass is 79.9. The molecule has 1 aromatic carbocycles. The molecule has 0 spiro atoms. The second kappa shape index (κ2) is 13.7. The van der Waals surface area contributed by atoms with Crippen molar-refractivity contribution in [2.45, 2.75) is 90.4 Å². The Morgan fingerprint density at radius 1 is 1.03 bits per heavy atom. The summed E-state index contributed by atoms with van der Waals surface area (Å²) in [6.07, 6.45) is 4.31. The van der Waals surface area contributed by atoms with Crippen molar-refractivity contribution in [3.8, 4) is 0 Å². The van der Waals surface area contributed by atoms with Gasteiger partial charge in [0.25, 0.3) is 0 Å². The minimum atomic E-state index is -3.88. The van der Waals surface area contributed by atoms with Crippen molar-refractivity contribution < 1.29 is 32.3 Å². The Hall–Kier alpha value is -2.52. The van der Waals surface area contributed by atoms with Crippen LogP contribution in [0.3, 0.4) is 0 Å². The first-order valence-electron chi connectivity index (χ1n) is 12.9. The van der Waals surface area contributed by atoms with Crippen molar-refractivity contribution in [1.82, 2.24) is 0 Å². The lowest BCUT2D eigenvalue weighted by Gasteiger charge is -2.38. The number of carbonyl (C=O) groups is 3.